The number of benzene rings is 1. The average molecular weight is 410 g/mol. The van der Waals surface area contributed by atoms with E-state index in [2.05, 4.69) is 31.6 Å². The molecule has 30 heavy (non-hydrogen) atoms. The number of ether oxygens (including phenoxy) is 1. The van der Waals surface area contributed by atoms with Crippen molar-refractivity contribution in [2.24, 2.45) is 5.92 Å². The summed E-state index contributed by atoms with van der Waals surface area (Å²) >= 11 is 0. The van der Waals surface area contributed by atoms with Gasteiger partial charge >= 0.3 is 0 Å². The first-order chi connectivity index (χ1) is 14.7. The van der Waals surface area contributed by atoms with E-state index >= 15 is 0 Å². The number of methoxy groups -OCH3 is 1. The number of anilines is 2. The van der Waals surface area contributed by atoms with Gasteiger partial charge in [-0.05, 0) is 44.1 Å². The van der Waals surface area contributed by atoms with E-state index in [1.165, 1.54) is 12.8 Å². The van der Waals surface area contributed by atoms with Crippen LogP contribution < -0.4 is 20.3 Å². The molecule has 1 atom stereocenters. The monoisotopic (exact) mass is 409 g/mol. The van der Waals surface area contributed by atoms with E-state index in [0.717, 1.165) is 55.3 Å². The van der Waals surface area contributed by atoms with Crippen molar-refractivity contribution in [1.29, 1.82) is 0 Å². The highest BCUT2D eigenvalue weighted by Gasteiger charge is 2.24. The van der Waals surface area contributed by atoms with E-state index in [4.69, 9.17) is 4.74 Å². The Bertz CT molecular complexity index is 855. The number of amides is 1. The van der Waals surface area contributed by atoms with E-state index in [0.29, 0.717) is 24.9 Å². The van der Waals surface area contributed by atoms with Gasteiger partial charge in [0, 0.05) is 43.7 Å². The third kappa shape index (κ3) is 5.62. The number of piperidine rings is 1. The molecule has 1 aliphatic carbocycles. The Labute approximate surface area is 178 Å². The lowest BCUT2D eigenvalue weighted by atomic mass is 9.93. The molecule has 1 aromatic heterocycles. The molecule has 1 amide bonds. The van der Waals surface area contributed by atoms with Gasteiger partial charge in [-0.2, -0.15) is 0 Å². The van der Waals surface area contributed by atoms with Gasteiger partial charge in [-0.25, -0.2) is 9.97 Å². The molecule has 2 aliphatic rings. The molecule has 7 nitrogen and oxygen atoms in total. The van der Waals surface area contributed by atoms with Crippen molar-refractivity contribution in [1.82, 2.24) is 15.3 Å². The van der Waals surface area contributed by atoms with Crippen LogP contribution in [0.2, 0.25) is 0 Å². The van der Waals surface area contributed by atoms with Gasteiger partial charge in [0.05, 0.1) is 7.11 Å². The number of nitrogens with zero attached hydrogens (tertiary/aromatic N) is 3. The van der Waals surface area contributed by atoms with Crippen LogP contribution in [-0.4, -0.2) is 42.1 Å². The van der Waals surface area contributed by atoms with Crippen molar-refractivity contribution in [3.05, 3.63) is 42.2 Å². The number of aromatic nitrogens is 2. The van der Waals surface area contributed by atoms with Crippen LogP contribution >= 0.6 is 0 Å². The first-order valence-electron chi connectivity index (χ1n) is 10.9. The van der Waals surface area contributed by atoms with Gasteiger partial charge < -0.3 is 20.3 Å². The molecule has 1 unspecified atom stereocenters. The third-order valence-electron chi connectivity index (χ3n) is 5.87. The predicted molar refractivity (Wildman–Crippen MR) is 118 cm³/mol. The van der Waals surface area contributed by atoms with Crippen LogP contribution in [0.15, 0.2) is 36.7 Å². The zero-order valence-electron chi connectivity index (χ0n) is 17.6. The van der Waals surface area contributed by atoms with Crippen LogP contribution in [0.3, 0.4) is 0 Å². The lowest BCUT2D eigenvalue weighted by Gasteiger charge is -2.33. The standard InChI is InChI=1S/C23H31N5O2/c1-30-20-7-3-2-6-18(20)14-24-23(29)11-8-17-5-4-12-28(15-17)22-13-21(25-16-26-22)27-19-9-10-19/h2-3,6-7,13,16-17,19H,4-5,8-12,14-15H2,1H3,(H,24,29)(H,25,26,27). The second kappa shape index (κ2) is 9.78. The Morgan fingerprint density at radius 1 is 1.23 bits per heavy atom. The summed E-state index contributed by atoms with van der Waals surface area (Å²) in [4.78, 5) is 23.5. The number of nitrogens with one attached hydrogen (secondary N) is 2. The molecule has 0 spiro atoms. The van der Waals surface area contributed by atoms with Crippen LogP contribution in [0, 0.1) is 5.92 Å². The topological polar surface area (TPSA) is 79.4 Å². The molecule has 2 aromatic rings. The maximum Gasteiger partial charge on any atom is 0.220 e. The van der Waals surface area contributed by atoms with E-state index < -0.39 is 0 Å². The van der Waals surface area contributed by atoms with Crippen LogP contribution in [0.5, 0.6) is 5.75 Å². The normalized spacial score (nSPS) is 18.7. The highest BCUT2D eigenvalue weighted by molar-refractivity contribution is 5.75. The Balaban J connectivity index is 1.24. The minimum Gasteiger partial charge on any atom is -0.496 e. The Morgan fingerprint density at radius 3 is 2.93 bits per heavy atom. The van der Waals surface area contributed by atoms with Crippen molar-refractivity contribution in [2.75, 3.05) is 30.4 Å². The van der Waals surface area contributed by atoms with Gasteiger partial charge in [0.15, 0.2) is 0 Å². The fraction of sp³-hybridized carbons (Fsp3) is 0.522. The zero-order valence-corrected chi connectivity index (χ0v) is 17.6. The molecule has 4 rings (SSSR count). The van der Waals surface area contributed by atoms with Gasteiger partial charge in [-0.3, -0.25) is 4.79 Å². The Hall–Kier alpha value is -2.83. The summed E-state index contributed by atoms with van der Waals surface area (Å²) in [6, 6.07) is 10.4. The lowest BCUT2D eigenvalue weighted by Crippen LogP contribution is -2.36. The second-order valence-electron chi connectivity index (χ2n) is 8.26. The summed E-state index contributed by atoms with van der Waals surface area (Å²) in [5.74, 6) is 3.31. The first kappa shape index (κ1) is 20.4. The highest BCUT2D eigenvalue weighted by Crippen LogP contribution is 2.28. The van der Waals surface area contributed by atoms with E-state index in [1.54, 1.807) is 13.4 Å². The van der Waals surface area contributed by atoms with Gasteiger partial charge in [0.2, 0.25) is 5.91 Å². The van der Waals surface area contributed by atoms with Crippen LogP contribution in [0.1, 0.15) is 44.1 Å². The largest absolute Gasteiger partial charge is 0.496 e. The molecular weight excluding hydrogens is 378 g/mol. The molecule has 2 heterocycles. The molecule has 7 heteroatoms. The summed E-state index contributed by atoms with van der Waals surface area (Å²) in [5, 5.41) is 6.47. The van der Waals surface area contributed by atoms with E-state index in [9.17, 15) is 4.79 Å². The van der Waals surface area contributed by atoms with Gasteiger partial charge in [-0.1, -0.05) is 18.2 Å². The van der Waals surface area contributed by atoms with E-state index in [1.807, 2.05) is 24.3 Å². The molecule has 1 saturated carbocycles. The quantitative estimate of drug-likeness (QED) is 0.661. The lowest BCUT2D eigenvalue weighted by molar-refractivity contribution is -0.121. The smallest absolute Gasteiger partial charge is 0.220 e. The zero-order chi connectivity index (χ0) is 20.8. The minimum absolute atomic E-state index is 0.0935. The Morgan fingerprint density at radius 2 is 2.10 bits per heavy atom. The predicted octanol–water partition coefficient (Wildman–Crippen LogP) is 3.37. The number of para-hydroxylation sites is 1. The number of hydrogen-bond acceptors (Lipinski definition) is 6. The van der Waals surface area contributed by atoms with Crippen molar-refractivity contribution in [3.8, 4) is 5.75 Å². The molecular formula is C23H31N5O2. The minimum atomic E-state index is 0.0935. The summed E-state index contributed by atoms with van der Waals surface area (Å²) in [5.41, 5.74) is 0.997. The summed E-state index contributed by atoms with van der Waals surface area (Å²) < 4.78 is 5.35. The van der Waals surface area contributed by atoms with Crippen molar-refractivity contribution >= 4 is 17.5 Å². The summed E-state index contributed by atoms with van der Waals surface area (Å²) in [6.45, 7) is 2.45. The van der Waals surface area contributed by atoms with Crippen molar-refractivity contribution < 1.29 is 9.53 Å². The van der Waals surface area contributed by atoms with Crippen molar-refractivity contribution in [3.63, 3.8) is 0 Å². The van der Waals surface area contributed by atoms with Crippen LogP contribution in [0.4, 0.5) is 11.6 Å². The molecule has 1 aromatic carbocycles. The summed E-state index contributed by atoms with van der Waals surface area (Å²) in [6.07, 6.45) is 7.83. The van der Waals surface area contributed by atoms with Crippen molar-refractivity contribution in [2.45, 2.75) is 51.1 Å². The second-order valence-corrected chi connectivity index (χ2v) is 8.26. The summed E-state index contributed by atoms with van der Waals surface area (Å²) in [7, 11) is 1.65. The molecule has 2 N–H and O–H groups in total. The van der Waals surface area contributed by atoms with E-state index in [-0.39, 0.29) is 5.91 Å². The molecule has 2 fully saturated rings. The number of rotatable bonds is 9. The molecule has 0 bridgehead atoms. The average Bonchev–Trinajstić information content (AvgIpc) is 3.61. The Kier molecular flexibility index (Phi) is 6.67. The van der Waals surface area contributed by atoms with Gasteiger partial charge in [-0.15, -0.1) is 0 Å². The fourth-order valence-corrected chi connectivity index (χ4v) is 4.01. The molecule has 0 radical (unpaired) electrons. The number of hydrogen-bond donors (Lipinski definition) is 2. The molecule has 1 saturated heterocycles. The maximum atomic E-state index is 12.4. The molecule has 1 aliphatic heterocycles. The van der Waals surface area contributed by atoms with Crippen LogP contribution in [-0.2, 0) is 11.3 Å². The van der Waals surface area contributed by atoms with Crippen LogP contribution in [0.25, 0.3) is 0 Å². The number of carbonyl (C=O) groups is 1. The first-order valence-corrected chi connectivity index (χ1v) is 10.9. The van der Waals surface area contributed by atoms with Gasteiger partial charge in [0.25, 0.3) is 0 Å². The highest BCUT2D eigenvalue weighted by atomic mass is 16.5. The SMILES string of the molecule is COc1ccccc1CNC(=O)CCC1CCCN(c2cc(NC3CC3)ncn2)C1. The third-order valence-corrected chi connectivity index (χ3v) is 5.87. The number of carbonyl (C=O) groups excluding carboxylic acids is 1. The fourth-order valence-electron chi connectivity index (χ4n) is 4.01. The molecule has 160 valence electrons. The van der Waals surface area contributed by atoms with Gasteiger partial charge in [0.1, 0.15) is 23.7 Å². The maximum absolute atomic E-state index is 12.4.